The maximum atomic E-state index is 12.8. The van der Waals surface area contributed by atoms with E-state index in [-0.39, 0.29) is 5.91 Å². The van der Waals surface area contributed by atoms with Gasteiger partial charge in [0.2, 0.25) is 0 Å². The smallest absolute Gasteiger partial charge is 0.352 e. The summed E-state index contributed by atoms with van der Waals surface area (Å²) in [6.07, 6.45) is -2.58. The number of unbranched alkanes of at least 4 members (excludes halogenated alkanes) is 1. The van der Waals surface area contributed by atoms with E-state index < -0.39 is 11.7 Å². The molecule has 0 fully saturated rings. The highest BCUT2D eigenvalue weighted by atomic mass is 19.4. The van der Waals surface area contributed by atoms with E-state index in [1.807, 2.05) is 12.1 Å². The minimum Gasteiger partial charge on any atom is -0.352 e. The van der Waals surface area contributed by atoms with Crippen LogP contribution in [0.2, 0.25) is 0 Å². The second-order valence-corrected chi connectivity index (χ2v) is 6.38. The van der Waals surface area contributed by atoms with Crippen LogP contribution in [0.15, 0.2) is 60.7 Å². The molecule has 0 aromatic heterocycles. The Kier molecular flexibility index (Phi) is 5.78. The van der Waals surface area contributed by atoms with Gasteiger partial charge >= 0.3 is 6.18 Å². The molecule has 3 aromatic rings. The number of aldehydes is 1. The molecular formula is C22H18F3NO2. The van der Waals surface area contributed by atoms with Gasteiger partial charge in [-0.3, -0.25) is 4.79 Å². The van der Waals surface area contributed by atoms with E-state index in [0.29, 0.717) is 30.5 Å². The molecule has 1 N–H and O–H groups in total. The zero-order chi connectivity index (χ0) is 20.1. The minimum absolute atomic E-state index is 0.229. The van der Waals surface area contributed by atoms with E-state index in [9.17, 15) is 22.8 Å². The van der Waals surface area contributed by atoms with Gasteiger partial charge in [-0.25, -0.2) is 0 Å². The van der Waals surface area contributed by atoms with Gasteiger partial charge in [-0.1, -0.05) is 36.4 Å². The van der Waals surface area contributed by atoms with E-state index in [1.54, 1.807) is 24.3 Å². The zero-order valence-corrected chi connectivity index (χ0v) is 14.9. The number of benzene rings is 3. The first-order valence-electron chi connectivity index (χ1n) is 8.82. The molecular weight excluding hydrogens is 367 g/mol. The summed E-state index contributed by atoms with van der Waals surface area (Å²) in [4.78, 5) is 22.5. The zero-order valence-electron chi connectivity index (χ0n) is 14.9. The fraction of sp³-hybridized carbons (Fsp3) is 0.182. The van der Waals surface area contributed by atoms with Crippen molar-refractivity contribution in [2.24, 2.45) is 0 Å². The molecule has 0 saturated heterocycles. The fourth-order valence-corrected chi connectivity index (χ4v) is 3.00. The number of hydrogen-bond donors (Lipinski definition) is 1. The molecule has 0 spiro atoms. The molecule has 0 radical (unpaired) electrons. The van der Waals surface area contributed by atoms with Crippen molar-refractivity contribution in [3.63, 3.8) is 0 Å². The maximum absolute atomic E-state index is 12.8. The van der Waals surface area contributed by atoms with Crippen LogP contribution in [0, 0.1) is 0 Å². The largest absolute Gasteiger partial charge is 0.416 e. The number of carbonyl (C=O) groups is 2. The van der Waals surface area contributed by atoms with Crippen molar-refractivity contribution in [3.8, 4) is 11.1 Å². The Morgan fingerprint density at radius 3 is 2.43 bits per heavy atom. The van der Waals surface area contributed by atoms with E-state index in [4.69, 9.17) is 0 Å². The van der Waals surface area contributed by atoms with E-state index >= 15 is 0 Å². The van der Waals surface area contributed by atoms with Crippen molar-refractivity contribution in [2.75, 3.05) is 6.54 Å². The van der Waals surface area contributed by atoms with Crippen molar-refractivity contribution in [2.45, 2.75) is 19.0 Å². The molecule has 0 heterocycles. The number of fused-ring (bicyclic) bond motifs is 1. The molecule has 3 rings (SSSR count). The van der Waals surface area contributed by atoms with Crippen LogP contribution in [0.4, 0.5) is 13.2 Å². The predicted octanol–water partition coefficient (Wildman–Crippen LogP) is 5.23. The van der Waals surface area contributed by atoms with Gasteiger partial charge in [-0.05, 0) is 52.6 Å². The number of hydrogen-bond acceptors (Lipinski definition) is 2. The second kappa shape index (κ2) is 8.25. The second-order valence-electron chi connectivity index (χ2n) is 6.38. The third kappa shape index (κ3) is 4.39. The van der Waals surface area contributed by atoms with Gasteiger partial charge in [0.1, 0.15) is 6.29 Å². The lowest BCUT2D eigenvalue weighted by Crippen LogP contribution is -2.24. The normalized spacial score (nSPS) is 11.4. The van der Waals surface area contributed by atoms with Crippen LogP contribution in [0.3, 0.4) is 0 Å². The Labute approximate surface area is 160 Å². The molecule has 28 heavy (non-hydrogen) atoms. The minimum atomic E-state index is -4.37. The molecule has 0 bridgehead atoms. The molecule has 0 aliphatic rings. The average molecular weight is 385 g/mol. The summed E-state index contributed by atoms with van der Waals surface area (Å²) in [5.41, 5.74) is 1.27. The molecule has 0 atom stereocenters. The lowest BCUT2D eigenvalue weighted by molar-refractivity contribution is -0.137. The molecule has 0 aliphatic heterocycles. The van der Waals surface area contributed by atoms with Gasteiger partial charge in [0.15, 0.2) is 0 Å². The third-order valence-corrected chi connectivity index (χ3v) is 4.45. The van der Waals surface area contributed by atoms with Gasteiger partial charge in [-0.15, -0.1) is 0 Å². The van der Waals surface area contributed by atoms with Crippen LogP contribution in [0.1, 0.15) is 28.8 Å². The van der Waals surface area contributed by atoms with E-state index in [0.717, 1.165) is 34.8 Å². The SMILES string of the molecule is O=CCCCNC(=O)c1ccc2c(-c3ccc(C(F)(F)F)cc3)cccc2c1. The highest BCUT2D eigenvalue weighted by Gasteiger charge is 2.30. The van der Waals surface area contributed by atoms with Gasteiger partial charge in [0.05, 0.1) is 5.56 Å². The molecule has 6 heteroatoms. The average Bonchev–Trinajstić information content (AvgIpc) is 2.69. The summed E-state index contributed by atoms with van der Waals surface area (Å²) in [6, 6.07) is 15.8. The lowest BCUT2D eigenvalue weighted by atomic mass is 9.96. The van der Waals surface area contributed by atoms with Crippen molar-refractivity contribution in [3.05, 3.63) is 71.8 Å². The van der Waals surface area contributed by atoms with Crippen LogP contribution < -0.4 is 5.32 Å². The van der Waals surface area contributed by atoms with Crippen molar-refractivity contribution in [1.82, 2.24) is 5.32 Å². The highest BCUT2D eigenvalue weighted by molar-refractivity contribution is 6.02. The molecule has 3 nitrogen and oxygen atoms in total. The van der Waals surface area contributed by atoms with E-state index in [1.165, 1.54) is 12.1 Å². The summed E-state index contributed by atoms with van der Waals surface area (Å²) in [5, 5.41) is 4.43. The molecule has 0 aliphatic carbocycles. The summed E-state index contributed by atoms with van der Waals surface area (Å²) >= 11 is 0. The Morgan fingerprint density at radius 1 is 1.00 bits per heavy atom. The molecule has 144 valence electrons. The van der Waals surface area contributed by atoms with E-state index in [2.05, 4.69) is 5.32 Å². The summed E-state index contributed by atoms with van der Waals surface area (Å²) in [5.74, 6) is -0.229. The van der Waals surface area contributed by atoms with Gasteiger partial charge in [0.25, 0.3) is 5.91 Å². The van der Waals surface area contributed by atoms with Crippen molar-refractivity contribution >= 4 is 23.0 Å². The third-order valence-electron chi connectivity index (χ3n) is 4.45. The molecule has 0 unspecified atom stereocenters. The number of halogens is 3. The fourth-order valence-electron chi connectivity index (χ4n) is 3.00. The Morgan fingerprint density at radius 2 is 1.75 bits per heavy atom. The van der Waals surface area contributed by atoms with Crippen LogP contribution >= 0.6 is 0 Å². The first-order chi connectivity index (χ1) is 13.4. The topological polar surface area (TPSA) is 46.2 Å². The first kappa shape index (κ1) is 19.6. The van der Waals surface area contributed by atoms with Gasteiger partial charge in [-0.2, -0.15) is 13.2 Å². The van der Waals surface area contributed by atoms with Crippen molar-refractivity contribution in [1.29, 1.82) is 0 Å². The van der Waals surface area contributed by atoms with Gasteiger partial charge in [0, 0.05) is 18.5 Å². The first-order valence-corrected chi connectivity index (χ1v) is 8.82. The molecule has 1 amide bonds. The Balaban J connectivity index is 1.87. The quantitative estimate of drug-likeness (QED) is 0.466. The van der Waals surface area contributed by atoms with Crippen LogP contribution in [-0.4, -0.2) is 18.7 Å². The Bertz CT molecular complexity index is 995. The summed E-state index contributed by atoms with van der Waals surface area (Å²) in [6.45, 7) is 0.418. The number of nitrogens with one attached hydrogen (secondary N) is 1. The Hall–Kier alpha value is -3.15. The van der Waals surface area contributed by atoms with Crippen molar-refractivity contribution < 1.29 is 22.8 Å². The number of amides is 1. The number of alkyl halides is 3. The maximum Gasteiger partial charge on any atom is 0.416 e. The summed E-state index contributed by atoms with van der Waals surface area (Å²) < 4.78 is 38.3. The van der Waals surface area contributed by atoms with Crippen LogP contribution in [0.5, 0.6) is 0 Å². The lowest BCUT2D eigenvalue weighted by Gasteiger charge is -2.11. The standard InChI is InChI=1S/C22H18F3NO2/c23-22(24,25)18-9-6-15(7-10-18)19-5-3-4-16-14-17(8-11-20(16)19)21(28)26-12-1-2-13-27/h3-11,13-14H,1-2,12H2,(H,26,28). The predicted molar refractivity (Wildman–Crippen MR) is 102 cm³/mol. The number of carbonyl (C=O) groups excluding carboxylic acids is 2. The summed E-state index contributed by atoms with van der Waals surface area (Å²) in [7, 11) is 0. The van der Waals surface area contributed by atoms with Crippen LogP contribution in [-0.2, 0) is 11.0 Å². The monoisotopic (exact) mass is 385 g/mol. The highest BCUT2D eigenvalue weighted by Crippen LogP contribution is 2.33. The molecule has 3 aromatic carbocycles. The molecule has 0 saturated carbocycles. The van der Waals surface area contributed by atoms with Crippen LogP contribution in [0.25, 0.3) is 21.9 Å². The number of rotatable bonds is 6. The van der Waals surface area contributed by atoms with Gasteiger partial charge < -0.3 is 10.1 Å².